The summed E-state index contributed by atoms with van der Waals surface area (Å²) in [5, 5.41) is 3.34. The lowest BCUT2D eigenvalue weighted by Gasteiger charge is -2.08. The maximum absolute atomic E-state index is 11.2. The Hall–Kier alpha value is -2.43. The Morgan fingerprint density at radius 3 is 2.94 bits per heavy atom. The third-order valence-electron chi connectivity index (χ3n) is 2.27. The molecule has 1 aromatic heterocycles. The van der Waals surface area contributed by atoms with Gasteiger partial charge < -0.3 is 4.74 Å². The number of anilines is 1. The van der Waals surface area contributed by atoms with Gasteiger partial charge in [-0.15, -0.1) is 0 Å². The molecule has 18 heavy (non-hydrogen) atoms. The minimum absolute atomic E-state index is 0.210. The quantitative estimate of drug-likeness (QED) is 0.836. The Kier molecular flexibility index (Phi) is 3.52. The van der Waals surface area contributed by atoms with E-state index in [0.717, 1.165) is 10.9 Å². The first-order valence-corrected chi connectivity index (χ1v) is 5.57. The molecule has 0 aliphatic carbocycles. The van der Waals surface area contributed by atoms with Crippen molar-refractivity contribution in [3.8, 4) is 5.88 Å². The van der Waals surface area contributed by atoms with Crippen molar-refractivity contribution in [1.82, 2.24) is 9.97 Å². The van der Waals surface area contributed by atoms with Gasteiger partial charge in [-0.2, -0.15) is 4.98 Å². The maximum Gasteiger partial charge on any atom is 0.250 e. The topological polar surface area (TPSA) is 64.1 Å². The largest absolute Gasteiger partial charge is 0.477 e. The lowest BCUT2D eigenvalue weighted by Crippen LogP contribution is -2.11. The lowest BCUT2D eigenvalue weighted by atomic mass is 10.2. The number of ether oxygens (including phenoxy) is 1. The van der Waals surface area contributed by atoms with Crippen molar-refractivity contribution in [1.29, 1.82) is 0 Å². The molecule has 0 saturated heterocycles. The monoisotopic (exact) mass is 243 g/mol. The summed E-state index contributed by atoms with van der Waals surface area (Å²) in [5.41, 5.74) is 0.718. The van der Waals surface area contributed by atoms with Gasteiger partial charge in [0.1, 0.15) is 0 Å². The highest BCUT2D eigenvalue weighted by Crippen LogP contribution is 2.23. The van der Waals surface area contributed by atoms with Gasteiger partial charge in [-0.1, -0.05) is 18.7 Å². The molecule has 1 heterocycles. The number of amides is 1. The molecule has 5 heteroatoms. The summed E-state index contributed by atoms with van der Waals surface area (Å²) in [7, 11) is 0. The SMILES string of the molecule is C=CC(=O)Nc1nc(OCC)c2ccccc2n1. The van der Waals surface area contributed by atoms with Crippen LogP contribution in [-0.4, -0.2) is 22.5 Å². The molecular formula is C13H13N3O2. The molecule has 92 valence electrons. The van der Waals surface area contributed by atoms with Crippen LogP contribution in [0.1, 0.15) is 6.92 Å². The standard InChI is InChI=1S/C13H13N3O2/c1-3-11(17)15-13-14-10-8-6-5-7-9(10)12(16-13)18-4-2/h3,5-8H,1,4H2,2H3,(H,14,15,16,17). The van der Waals surface area contributed by atoms with Crippen LogP contribution in [0.15, 0.2) is 36.9 Å². The van der Waals surface area contributed by atoms with Gasteiger partial charge in [0.2, 0.25) is 17.7 Å². The number of rotatable bonds is 4. The molecule has 0 aliphatic rings. The average molecular weight is 243 g/mol. The molecule has 0 atom stereocenters. The molecule has 0 fully saturated rings. The van der Waals surface area contributed by atoms with Gasteiger partial charge in [0.25, 0.3) is 0 Å². The molecule has 0 radical (unpaired) electrons. The molecule has 2 aromatic rings. The predicted molar refractivity (Wildman–Crippen MR) is 69.5 cm³/mol. The lowest BCUT2D eigenvalue weighted by molar-refractivity contribution is -0.111. The highest BCUT2D eigenvalue weighted by molar-refractivity contribution is 5.98. The van der Waals surface area contributed by atoms with Gasteiger partial charge in [0.15, 0.2) is 0 Å². The van der Waals surface area contributed by atoms with E-state index in [1.807, 2.05) is 31.2 Å². The molecule has 1 amide bonds. The highest BCUT2D eigenvalue weighted by atomic mass is 16.5. The number of benzene rings is 1. The second-order valence-corrected chi connectivity index (χ2v) is 3.50. The van der Waals surface area contributed by atoms with Gasteiger partial charge in [-0.05, 0) is 25.1 Å². The summed E-state index contributed by atoms with van der Waals surface area (Å²) in [6.07, 6.45) is 1.17. The van der Waals surface area contributed by atoms with Crippen LogP contribution < -0.4 is 10.1 Å². The van der Waals surface area contributed by atoms with E-state index in [-0.39, 0.29) is 11.9 Å². The fourth-order valence-electron chi connectivity index (χ4n) is 1.51. The summed E-state index contributed by atoms with van der Waals surface area (Å²) >= 11 is 0. The number of hydrogen-bond acceptors (Lipinski definition) is 4. The summed E-state index contributed by atoms with van der Waals surface area (Å²) in [5.74, 6) is 0.317. The molecule has 5 nitrogen and oxygen atoms in total. The number of carbonyl (C=O) groups is 1. The Morgan fingerprint density at radius 1 is 1.44 bits per heavy atom. The van der Waals surface area contributed by atoms with E-state index in [1.54, 1.807) is 0 Å². The van der Waals surface area contributed by atoms with Gasteiger partial charge >= 0.3 is 0 Å². The molecule has 0 bridgehead atoms. The number of para-hydroxylation sites is 1. The molecule has 1 aromatic carbocycles. The van der Waals surface area contributed by atoms with Crippen LogP contribution in [-0.2, 0) is 4.79 Å². The number of aromatic nitrogens is 2. The zero-order valence-electron chi connectivity index (χ0n) is 10.0. The maximum atomic E-state index is 11.2. The fourth-order valence-corrected chi connectivity index (χ4v) is 1.51. The minimum Gasteiger partial charge on any atom is -0.477 e. The number of hydrogen-bond donors (Lipinski definition) is 1. The average Bonchev–Trinajstić information content (AvgIpc) is 2.39. The fraction of sp³-hybridized carbons (Fsp3) is 0.154. The van der Waals surface area contributed by atoms with Crippen LogP contribution in [0.3, 0.4) is 0 Å². The van der Waals surface area contributed by atoms with E-state index >= 15 is 0 Å². The van der Waals surface area contributed by atoms with E-state index in [1.165, 1.54) is 6.08 Å². The van der Waals surface area contributed by atoms with Gasteiger partial charge in [-0.25, -0.2) is 4.98 Å². The highest BCUT2D eigenvalue weighted by Gasteiger charge is 2.09. The number of carbonyl (C=O) groups excluding carboxylic acids is 1. The van der Waals surface area contributed by atoms with Crippen molar-refractivity contribution in [2.45, 2.75) is 6.92 Å². The van der Waals surface area contributed by atoms with Crippen molar-refractivity contribution in [3.63, 3.8) is 0 Å². The van der Waals surface area contributed by atoms with Crippen molar-refractivity contribution >= 4 is 22.8 Å². The van der Waals surface area contributed by atoms with Gasteiger partial charge in [0.05, 0.1) is 17.5 Å². The van der Waals surface area contributed by atoms with Crippen LogP contribution in [0.5, 0.6) is 5.88 Å². The smallest absolute Gasteiger partial charge is 0.250 e. The molecule has 1 N–H and O–H groups in total. The second kappa shape index (κ2) is 5.27. The number of nitrogens with zero attached hydrogens (tertiary/aromatic N) is 2. The number of nitrogens with one attached hydrogen (secondary N) is 1. The number of fused-ring (bicyclic) bond motifs is 1. The molecule has 0 unspecified atom stereocenters. The first-order chi connectivity index (χ1) is 8.74. The molecular weight excluding hydrogens is 230 g/mol. The van der Waals surface area contributed by atoms with Crippen LogP contribution in [0.25, 0.3) is 10.9 Å². The van der Waals surface area contributed by atoms with E-state index in [4.69, 9.17) is 4.74 Å². The van der Waals surface area contributed by atoms with Gasteiger partial charge in [-0.3, -0.25) is 10.1 Å². The zero-order chi connectivity index (χ0) is 13.0. The third kappa shape index (κ3) is 2.45. The molecule has 2 rings (SSSR count). The Balaban J connectivity index is 2.49. The van der Waals surface area contributed by atoms with Crippen LogP contribution >= 0.6 is 0 Å². The summed E-state index contributed by atoms with van der Waals surface area (Å²) in [6, 6.07) is 7.46. The third-order valence-corrected chi connectivity index (χ3v) is 2.27. The zero-order valence-corrected chi connectivity index (χ0v) is 10.0. The Morgan fingerprint density at radius 2 is 2.22 bits per heavy atom. The predicted octanol–water partition coefficient (Wildman–Crippen LogP) is 2.15. The van der Waals surface area contributed by atoms with Crippen LogP contribution in [0.4, 0.5) is 5.95 Å². The first-order valence-electron chi connectivity index (χ1n) is 5.57. The van der Waals surface area contributed by atoms with E-state index in [9.17, 15) is 4.79 Å². The molecule has 0 aliphatic heterocycles. The first kappa shape index (κ1) is 12.0. The van der Waals surface area contributed by atoms with Crippen molar-refractivity contribution in [2.75, 3.05) is 11.9 Å². The van der Waals surface area contributed by atoms with Crippen LogP contribution in [0.2, 0.25) is 0 Å². The molecule has 0 spiro atoms. The summed E-state index contributed by atoms with van der Waals surface area (Å²) < 4.78 is 5.45. The van der Waals surface area contributed by atoms with Crippen molar-refractivity contribution in [3.05, 3.63) is 36.9 Å². The van der Waals surface area contributed by atoms with Crippen molar-refractivity contribution in [2.24, 2.45) is 0 Å². The summed E-state index contributed by atoms with van der Waals surface area (Å²) in [4.78, 5) is 19.6. The summed E-state index contributed by atoms with van der Waals surface area (Å²) in [6.45, 7) is 5.75. The van der Waals surface area contributed by atoms with Gasteiger partial charge in [0, 0.05) is 0 Å². The molecule has 0 saturated carbocycles. The second-order valence-electron chi connectivity index (χ2n) is 3.50. The van der Waals surface area contributed by atoms with E-state index in [0.29, 0.717) is 12.5 Å². The van der Waals surface area contributed by atoms with Crippen LogP contribution in [0, 0.1) is 0 Å². The normalized spacial score (nSPS) is 10.1. The minimum atomic E-state index is -0.354. The van der Waals surface area contributed by atoms with E-state index < -0.39 is 0 Å². The van der Waals surface area contributed by atoms with Crippen molar-refractivity contribution < 1.29 is 9.53 Å². The Bertz CT molecular complexity index is 596. The Labute approximate surface area is 105 Å². The van der Waals surface area contributed by atoms with E-state index in [2.05, 4.69) is 21.9 Å².